The number of nitrogens with one attached hydrogen (secondary N) is 2. The summed E-state index contributed by atoms with van der Waals surface area (Å²) >= 11 is 1.21. The number of fused-ring (bicyclic) bond motifs is 1. The number of aromatic amines is 1. The zero-order valence-corrected chi connectivity index (χ0v) is 16.9. The summed E-state index contributed by atoms with van der Waals surface area (Å²) in [5.41, 5.74) is 1.89. The monoisotopic (exact) mass is 418 g/mol. The van der Waals surface area contributed by atoms with Crippen LogP contribution in [0.25, 0.3) is 11.0 Å². The van der Waals surface area contributed by atoms with Gasteiger partial charge in [-0.15, -0.1) is 11.3 Å². The number of sulfonamides is 1. The van der Waals surface area contributed by atoms with Crippen molar-refractivity contribution in [1.29, 1.82) is 0 Å². The van der Waals surface area contributed by atoms with E-state index in [4.69, 9.17) is 0 Å². The molecule has 1 saturated heterocycles. The Kier molecular flexibility index (Phi) is 5.47. The van der Waals surface area contributed by atoms with Crippen LogP contribution in [0.2, 0.25) is 0 Å². The number of amides is 1. The SMILES string of the molecule is O=C(NCCc1nc2ccccc2[nH]1)C1CCCN(S(=O)(=O)c2cccs2)C1. The molecule has 148 valence electrons. The molecule has 1 aliphatic heterocycles. The Morgan fingerprint density at radius 1 is 1.29 bits per heavy atom. The number of carbonyl (C=O) groups excluding carboxylic acids is 1. The van der Waals surface area contributed by atoms with Crippen LogP contribution in [0.15, 0.2) is 46.0 Å². The van der Waals surface area contributed by atoms with Crippen LogP contribution in [0, 0.1) is 5.92 Å². The molecule has 2 N–H and O–H groups in total. The molecule has 1 atom stereocenters. The van der Waals surface area contributed by atoms with Crippen molar-refractivity contribution in [2.24, 2.45) is 5.92 Å². The minimum atomic E-state index is -3.51. The van der Waals surface area contributed by atoms with Crippen LogP contribution >= 0.6 is 11.3 Å². The minimum absolute atomic E-state index is 0.0952. The molecule has 1 aromatic carbocycles. The van der Waals surface area contributed by atoms with Crippen molar-refractivity contribution in [3.8, 4) is 0 Å². The highest BCUT2D eigenvalue weighted by Gasteiger charge is 2.33. The highest BCUT2D eigenvalue weighted by Crippen LogP contribution is 2.26. The number of H-pyrrole nitrogens is 1. The Balaban J connectivity index is 1.33. The molecule has 0 bridgehead atoms. The molecule has 28 heavy (non-hydrogen) atoms. The topological polar surface area (TPSA) is 95.2 Å². The molecule has 7 nitrogen and oxygen atoms in total. The second-order valence-corrected chi connectivity index (χ2v) is 9.99. The number of hydrogen-bond acceptors (Lipinski definition) is 5. The molecule has 1 amide bonds. The lowest BCUT2D eigenvalue weighted by Gasteiger charge is -2.30. The van der Waals surface area contributed by atoms with E-state index in [0.29, 0.717) is 36.6 Å². The maximum Gasteiger partial charge on any atom is 0.252 e. The molecule has 0 radical (unpaired) electrons. The van der Waals surface area contributed by atoms with E-state index in [2.05, 4.69) is 15.3 Å². The molecule has 9 heteroatoms. The van der Waals surface area contributed by atoms with Crippen LogP contribution in [0.5, 0.6) is 0 Å². The molecule has 0 aliphatic carbocycles. The van der Waals surface area contributed by atoms with Gasteiger partial charge in [-0.1, -0.05) is 18.2 Å². The van der Waals surface area contributed by atoms with Crippen molar-refractivity contribution in [2.75, 3.05) is 19.6 Å². The van der Waals surface area contributed by atoms with E-state index in [1.54, 1.807) is 17.5 Å². The predicted octanol–water partition coefficient (Wildman–Crippen LogP) is 2.38. The van der Waals surface area contributed by atoms with Gasteiger partial charge < -0.3 is 10.3 Å². The van der Waals surface area contributed by atoms with Gasteiger partial charge in [0.15, 0.2) is 0 Å². The molecule has 1 unspecified atom stereocenters. The standard InChI is InChI=1S/C19H22N4O3S2/c24-19(20-10-9-17-21-15-6-1-2-7-16(15)22-17)14-5-3-11-23(13-14)28(25,26)18-8-4-12-27-18/h1-2,4,6-8,12,14H,3,5,9-11,13H2,(H,20,24)(H,21,22). The summed E-state index contributed by atoms with van der Waals surface area (Å²) < 4.78 is 27.2. The first kappa shape index (κ1) is 19.1. The van der Waals surface area contributed by atoms with Gasteiger partial charge in [0, 0.05) is 26.1 Å². The van der Waals surface area contributed by atoms with Crippen LogP contribution in [0.1, 0.15) is 18.7 Å². The Bertz CT molecular complexity index is 1030. The third-order valence-electron chi connectivity index (χ3n) is 4.94. The van der Waals surface area contributed by atoms with Crippen LogP contribution in [0.4, 0.5) is 0 Å². The molecule has 0 spiro atoms. The quantitative estimate of drug-likeness (QED) is 0.643. The molecular weight excluding hydrogens is 396 g/mol. The van der Waals surface area contributed by atoms with Crippen LogP contribution in [-0.2, 0) is 21.2 Å². The summed E-state index contributed by atoms with van der Waals surface area (Å²) in [6, 6.07) is 11.1. The van der Waals surface area contributed by atoms with Crippen molar-refractivity contribution in [3.05, 3.63) is 47.6 Å². The third kappa shape index (κ3) is 3.96. The smallest absolute Gasteiger partial charge is 0.252 e. The van der Waals surface area contributed by atoms with Crippen LogP contribution in [-0.4, -0.2) is 48.2 Å². The molecule has 3 heterocycles. The first-order valence-corrected chi connectivity index (χ1v) is 11.6. The number of nitrogens with zero attached hydrogens (tertiary/aromatic N) is 2. The maximum atomic E-state index is 12.7. The number of carbonyl (C=O) groups is 1. The molecular formula is C19H22N4O3S2. The molecule has 1 fully saturated rings. The zero-order valence-electron chi connectivity index (χ0n) is 15.3. The highest BCUT2D eigenvalue weighted by molar-refractivity contribution is 7.91. The number of thiophene rings is 1. The van der Waals surface area contributed by atoms with Gasteiger partial charge in [-0.25, -0.2) is 13.4 Å². The summed E-state index contributed by atoms with van der Waals surface area (Å²) in [6.07, 6.45) is 1.99. The molecule has 2 aromatic heterocycles. The molecule has 0 saturated carbocycles. The van der Waals surface area contributed by atoms with Crippen molar-refractivity contribution in [1.82, 2.24) is 19.6 Å². The summed E-state index contributed by atoms with van der Waals surface area (Å²) in [4.78, 5) is 20.3. The van der Waals surface area contributed by atoms with E-state index < -0.39 is 10.0 Å². The largest absolute Gasteiger partial charge is 0.355 e. The van der Waals surface area contributed by atoms with Gasteiger partial charge in [0.25, 0.3) is 10.0 Å². The molecule has 1 aliphatic rings. The Morgan fingerprint density at radius 3 is 2.93 bits per heavy atom. The fraction of sp³-hybridized carbons (Fsp3) is 0.368. The van der Waals surface area contributed by atoms with E-state index in [-0.39, 0.29) is 18.4 Å². The fourth-order valence-corrected chi connectivity index (χ4v) is 6.15. The number of para-hydroxylation sites is 2. The van der Waals surface area contributed by atoms with Gasteiger partial charge in [-0.2, -0.15) is 4.31 Å². The lowest BCUT2D eigenvalue weighted by atomic mass is 9.99. The summed E-state index contributed by atoms with van der Waals surface area (Å²) in [5, 5.41) is 4.68. The van der Waals surface area contributed by atoms with Crippen LogP contribution in [0.3, 0.4) is 0 Å². The van der Waals surface area contributed by atoms with Crippen molar-refractivity contribution >= 4 is 38.3 Å². The Labute approximate surface area is 167 Å². The lowest BCUT2D eigenvalue weighted by molar-refractivity contribution is -0.126. The number of hydrogen-bond donors (Lipinski definition) is 2. The van der Waals surface area contributed by atoms with E-state index in [0.717, 1.165) is 16.9 Å². The first-order chi connectivity index (χ1) is 13.5. The van der Waals surface area contributed by atoms with Crippen LogP contribution < -0.4 is 5.32 Å². The number of rotatable bonds is 6. The zero-order chi connectivity index (χ0) is 19.6. The lowest BCUT2D eigenvalue weighted by Crippen LogP contribution is -2.45. The van der Waals surface area contributed by atoms with Crippen molar-refractivity contribution in [3.63, 3.8) is 0 Å². The minimum Gasteiger partial charge on any atom is -0.355 e. The number of imidazole rings is 1. The first-order valence-electron chi connectivity index (χ1n) is 9.29. The average molecular weight is 419 g/mol. The second-order valence-electron chi connectivity index (χ2n) is 6.88. The average Bonchev–Trinajstić information content (AvgIpc) is 3.38. The number of piperidine rings is 1. The van der Waals surface area contributed by atoms with Gasteiger partial charge in [0.05, 0.1) is 17.0 Å². The summed E-state index contributed by atoms with van der Waals surface area (Å²) in [6.45, 7) is 1.16. The van der Waals surface area contributed by atoms with Gasteiger partial charge in [-0.05, 0) is 36.4 Å². The number of aromatic nitrogens is 2. The maximum absolute atomic E-state index is 12.7. The second kappa shape index (κ2) is 8.02. The van der Waals surface area contributed by atoms with E-state index in [1.807, 2.05) is 24.3 Å². The van der Waals surface area contributed by atoms with E-state index >= 15 is 0 Å². The third-order valence-corrected chi connectivity index (χ3v) is 8.18. The summed E-state index contributed by atoms with van der Waals surface area (Å²) in [7, 11) is -3.51. The molecule has 4 rings (SSSR count). The predicted molar refractivity (Wildman–Crippen MR) is 109 cm³/mol. The van der Waals surface area contributed by atoms with Gasteiger partial charge in [0.1, 0.15) is 10.0 Å². The van der Waals surface area contributed by atoms with Crippen molar-refractivity contribution < 1.29 is 13.2 Å². The Hall–Kier alpha value is -2.23. The normalized spacial score (nSPS) is 18.4. The highest BCUT2D eigenvalue weighted by atomic mass is 32.2. The molecule has 3 aromatic rings. The summed E-state index contributed by atoms with van der Waals surface area (Å²) in [5.74, 6) is 0.411. The van der Waals surface area contributed by atoms with Gasteiger partial charge >= 0.3 is 0 Å². The van der Waals surface area contributed by atoms with E-state index in [1.165, 1.54) is 15.6 Å². The Morgan fingerprint density at radius 2 is 2.14 bits per heavy atom. The van der Waals surface area contributed by atoms with Gasteiger partial charge in [-0.3, -0.25) is 4.79 Å². The van der Waals surface area contributed by atoms with Gasteiger partial charge in [0.2, 0.25) is 5.91 Å². The van der Waals surface area contributed by atoms with E-state index in [9.17, 15) is 13.2 Å². The van der Waals surface area contributed by atoms with Crippen molar-refractivity contribution in [2.45, 2.75) is 23.5 Å². The fourth-order valence-electron chi connectivity index (χ4n) is 3.48. The number of benzene rings is 1.